The van der Waals surface area contributed by atoms with Gasteiger partial charge in [0, 0.05) is 36.2 Å². The standard InChI is InChI=1S/C24H22FN3O2S/c1-31(26,30)23-14-22-17(13-20(23)25)7-9-28(22)24(29)19-10-15-5-6-16(11-18(15)12-19)21-4-2-3-8-27-21/h2-6,8,11,13-14,19,26H,7,9-10,12H2,1H3/t19-,31?/m1/s1. The zero-order valence-electron chi connectivity index (χ0n) is 17.1. The van der Waals surface area contributed by atoms with Crippen molar-refractivity contribution in [3.05, 3.63) is 77.2 Å². The van der Waals surface area contributed by atoms with E-state index in [9.17, 15) is 13.4 Å². The van der Waals surface area contributed by atoms with Crippen LogP contribution in [0.5, 0.6) is 0 Å². The molecule has 2 aromatic carbocycles. The summed E-state index contributed by atoms with van der Waals surface area (Å²) in [5.74, 6) is -0.819. The molecule has 0 fully saturated rings. The van der Waals surface area contributed by atoms with Crippen LogP contribution < -0.4 is 4.90 Å². The number of benzene rings is 2. The van der Waals surface area contributed by atoms with Crippen LogP contribution in [0.25, 0.3) is 11.3 Å². The van der Waals surface area contributed by atoms with E-state index in [0.29, 0.717) is 31.5 Å². The van der Waals surface area contributed by atoms with Gasteiger partial charge in [-0.25, -0.2) is 13.4 Å². The molecule has 1 amide bonds. The molecule has 1 N–H and O–H groups in total. The maximum Gasteiger partial charge on any atom is 0.230 e. The Morgan fingerprint density at radius 3 is 2.68 bits per heavy atom. The van der Waals surface area contributed by atoms with E-state index in [1.54, 1.807) is 11.1 Å². The van der Waals surface area contributed by atoms with Crippen molar-refractivity contribution < 1.29 is 13.4 Å². The van der Waals surface area contributed by atoms with Crippen molar-refractivity contribution >= 4 is 21.3 Å². The number of anilines is 1. The fourth-order valence-corrected chi connectivity index (χ4v) is 5.39. The minimum Gasteiger partial charge on any atom is -0.312 e. The number of aromatic nitrogens is 1. The minimum absolute atomic E-state index is 0.000484. The van der Waals surface area contributed by atoms with Gasteiger partial charge in [0.1, 0.15) is 5.82 Å². The predicted molar refractivity (Wildman–Crippen MR) is 118 cm³/mol. The molecule has 1 aliphatic heterocycles. The van der Waals surface area contributed by atoms with E-state index >= 15 is 0 Å². The number of amides is 1. The van der Waals surface area contributed by atoms with Gasteiger partial charge in [0.2, 0.25) is 5.91 Å². The van der Waals surface area contributed by atoms with Gasteiger partial charge in [-0.15, -0.1) is 0 Å². The smallest absolute Gasteiger partial charge is 0.230 e. The fraction of sp³-hybridized carbons (Fsp3) is 0.250. The number of carbonyl (C=O) groups excluding carboxylic acids is 1. The number of carbonyl (C=O) groups is 1. The molecule has 3 aromatic rings. The molecule has 0 saturated heterocycles. The molecule has 2 aliphatic rings. The highest BCUT2D eigenvalue weighted by Crippen LogP contribution is 2.37. The molecule has 0 spiro atoms. The van der Waals surface area contributed by atoms with Crippen LogP contribution in [0.15, 0.2) is 59.6 Å². The van der Waals surface area contributed by atoms with Gasteiger partial charge < -0.3 is 4.90 Å². The summed E-state index contributed by atoms with van der Waals surface area (Å²) in [5, 5.41) is 0. The molecule has 2 heterocycles. The molecule has 5 nitrogen and oxygen atoms in total. The van der Waals surface area contributed by atoms with Crippen LogP contribution in [0.2, 0.25) is 0 Å². The van der Waals surface area contributed by atoms with Crippen molar-refractivity contribution in [3.63, 3.8) is 0 Å². The summed E-state index contributed by atoms with van der Waals surface area (Å²) >= 11 is 0. The number of rotatable bonds is 3. The molecule has 2 atom stereocenters. The van der Waals surface area contributed by atoms with Gasteiger partial charge >= 0.3 is 0 Å². The van der Waals surface area contributed by atoms with Gasteiger partial charge in [-0.1, -0.05) is 18.2 Å². The SMILES string of the molecule is CS(=N)(=O)c1cc2c(cc1F)CCN2C(=O)[C@@H]1Cc2ccc(-c3ccccn3)cc2C1. The molecule has 1 unspecified atom stereocenters. The maximum atomic E-state index is 14.3. The molecule has 31 heavy (non-hydrogen) atoms. The van der Waals surface area contributed by atoms with Gasteiger partial charge in [-0.05, 0) is 66.3 Å². The summed E-state index contributed by atoms with van der Waals surface area (Å²) in [6, 6.07) is 14.8. The van der Waals surface area contributed by atoms with Crippen LogP contribution in [0, 0.1) is 16.5 Å². The summed E-state index contributed by atoms with van der Waals surface area (Å²) in [5.41, 5.74) is 5.58. The van der Waals surface area contributed by atoms with E-state index in [2.05, 4.69) is 17.1 Å². The fourth-order valence-electron chi connectivity index (χ4n) is 4.62. The number of nitrogens with zero attached hydrogens (tertiary/aromatic N) is 2. The van der Waals surface area contributed by atoms with Crippen LogP contribution in [-0.4, -0.2) is 27.9 Å². The Balaban J connectivity index is 1.41. The first-order chi connectivity index (χ1) is 14.8. The van der Waals surface area contributed by atoms with Crippen LogP contribution in [-0.2, 0) is 33.8 Å². The Labute approximate surface area is 180 Å². The van der Waals surface area contributed by atoms with Crippen molar-refractivity contribution in [1.29, 1.82) is 4.78 Å². The summed E-state index contributed by atoms with van der Waals surface area (Å²) in [6.07, 6.45) is 4.84. The number of halogens is 1. The number of nitrogens with one attached hydrogen (secondary N) is 1. The number of fused-ring (bicyclic) bond motifs is 2. The first-order valence-corrected chi connectivity index (χ1v) is 12.2. The molecule has 5 rings (SSSR count). The highest BCUT2D eigenvalue weighted by atomic mass is 32.2. The van der Waals surface area contributed by atoms with Crippen LogP contribution in [0.3, 0.4) is 0 Å². The summed E-state index contributed by atoms with van der Waals surface area (Å²) < 4.78 is 34.3. The lowest BCUT2D eigenvalue weighted by atomic mass is 10.0. The Morgan fingerprint density at radius 1 is 1.13 bits per heavy atom. The van der Waals surface area contributed by atoms with Crippen molar-refractivity contribution in [2.45, 2.75) is 24.2 Å². The van der Waals surface area contributed by atoms with Crippen LogP contribution in [0.1, 0.15) is 16.7 Å². The van der Waals surface area contributed by atoms with Crippen LogP contribution >= 0.6 is 0 Å². The van der Waals surface area contributed by atoms with Gasteiger partial charge in [-0.3, -0.25) is 9.78 Å². The average molecular weight is 436 g/mol. The highest BCUT2D eigenvalue weighted by Gasteiger charge is 2.35. The normalized spacial score (nSPS) is 19.0. The zero-order valence-corrected chi connectivity index (χ0v) is 17.9. The molecule has 7 heteroatoms. The number of hydrogen-bond acceptors (Lipinski definition) is 4. The average Bonchev–Trinajstić information content (AvgIpc) is 3.35. The highest BCUT2D eigenvalue weighted by molar-refractivity contribution is 7.91. The Hall–Kier alpha value is -3.06. The Bertz CT molecular complexity index is 1310. The number of hydrogen-bond donors (Lipinski definition) is 1. The van der Waals surface area contributed by atoms with E-state index < -0.39 is 15.5 Å². The van der Waals surface area contributed by atoms with E-state index in [1.807, 2.05) is 24.3 Å². The topological polar surface area (TPSA) is 74.1 Å². The van der Waals surface area contributed by atoms with Crippen molar-refractivity contribution in [2.75, 3.05) is 17.7 Å². The second-order valence-electron chi connectivity index (χ2n) is 8.30. The van der Waals surface area contributed by atoms with Gasteiger partial charge in [0.25, 0.3) is 0 Å². The third-order valence-electron chi connectivity index (χ3n) is 6.16. The quantitative estimate of drug-likeness (QED) is 0.669. The predicted octanol–water partition coefficient (Wildman–Crippen LogP) is 4.23. The third-order valence-corrected chi connectivity index (χ3v) is 7.32. The summed E-state index contributed by atoms with van der Waals surface area (Å²) in [4.78, 5) is 19.3. The van der Waals surface area contributed by atoms with Crippen molar-refractivity contribution in [2.24, 2.45) is 5.92 Å². The molecule has 1 aliphatic carbocycles. The van der Waals surface area contributed by atoms with Crippen LogP contribution in [0.4, 0.5) is 10.1 Å². The van der Waals surface area contributed by atoms with Crippen molar-refractivity contribution in [3.8, 4) is 11.3 Å². The molecule has 1 aromatic heterocycles. The lowest BCUT2D eigenvalue weighted by Gasteiger charge is -2.22. The lowest BCUT2D eigenvalue weighted by Crippen LogP contribution is -2.35. The molecule has 0 bridgehead atoms. The maximum absolute atomic E-state index is 14.3. The first-order valence-electron chi connectivity index (χ1n) is 10.2. The van der Waals surface area contributed by atoms with E-state index in [4.69, 9.17) is 4.78 Å². The number of pyridine rings is 1. The lowest BCUT2D eigenvalue weighted by molar-refractivity contribution is -0.122. The molecular weight excluding hydrogens is 413 g/mol. The molecular formula is C24H22FN3O2S. The third kappa shape index (κ3) is 3.53. The Kier molecular flexibility index (Phi) is 4.66. The zero-order chi connectivity index (χ0) is 21.8. The van der Waals surface area contributed by atoms with E-state index in [-0.39, 0.29) is 16.7 Å². The van der Waals surface area contributed by atoms with Gasteiger partial charge in [-0.2, -0.15) is 0 Å². The minimum atomic E-state index is -3.22. The van der Waals surface area contributed by atoms with Gasteiger partial charge in [0.15, 0.2) is 0 Å². The first kappa shape index (κ1) is 19.9. The monoisotopic (exact) mass is 435 g/mol. The van der Waals surface area contributed by atoms with Gasteiger partial charge in [0.05, 0.1) is 20.3 Å². The van der Waals surface area contributed by atoms with E-state index in [1.165, 1.54) is 24.0 Å². The molecule has 0 saturated carbocycles. The Morgan fingerprint density at radius 2 is 1.94 bits per heavy atom. The largest absolute Gasteiger partial charge is 0.312 e. The second-order valence-corrected chi connectivity index (χ2v) is 10.4. The van der Waals surface area contributed by atoms with E-state index in [0.717, 1.165) is 22.4 Å². The molecule has 158 valence electrons. The second kappa shape index (κ2) is 7.27. The summed E-state index contributed by atoms with van der Waals surface area (Å²) in [7, 11) is -3.22. The summed E-state index contributed by atoms with van der Waals surface area (Å²) in [6.45, 7) is 0.478. The van der Waals surface area contributed by atoms with Crippen molar-refractivity contribution in [1.82, 2.24) is 4.98 Å². The molecule has 0 radical (unpaired) electrons.